The van der Waals surface area contributed by atoms with Crippen LogP contribution in [0.25, 0.3) is 11.2 Å². The number of rotatable bonds is 4. The quantitative estimate of drug-likeness (QED) is 0.878. The summed E-state index contributed by atoms with van der Waals surface area (Å²) in [4.78, 5) is 13.6. The first kappa shape index (κ1) is 13.7. The third-order valence-corrected chi connectivity index (χ3v) is 4.77. The maximum Gasteiger partial charge on any atom is 0.165 e. The molecule has 3 heterocycles. The molecule has 0 atom stereocenters. The molecule has 2 aromatic rings. The predicted octanol–water partition coefficient (Wildman–Crippen LogP) is 3.47. The van der Waals surface area contributed by atoms with Crippen molar-refractivity contribution >= 4 is 17.0 Å². The van der Waals surface area contributed by atoms with Gasteiger partial charge in [-0.2, -0.15) is 0 Å². The van der Waals surface area contributed by atoms with Crippen molar-refractivity contribution < 1.29 is 0 Å². The van der Waals surface area contributed by atoms with Gasteiger partial charge in [0.2, 0.25) is 0 Å². The minimum atomic E-state index is 0.892. The largest absolute Gasteiger partial charge is 0.368 e. The third kappa shape index (κ3) is 2.60. The van der Waals surface area contributed by atoms with E-state index in [1.807, 2.05) is 0 Å². The van der Waals surface area contributed by atoms with Gasteiger partial charge in [0, 0.05) is 19.5 Å². The fraction of sp³-hybridized carbons (Fsp3) is 0.588. The van der Waals surface area contributed by atoms with E-state index in [9.17, 15) is 0 Å². The highest BCUT2D eigenvalue weighted by molar-refractivity contribution is 5.83. The molecule has 1 aliphatic carbocycles. The van der Waals surface area contributed by atoms with Gasteiger partial charge in [0.25, 0.3) is 0 Å². The Kier molecular flexibility index (Phi) is 3.79. The second-order valence-electron chi connectivity index (χ2n) is 6.32. The van der Waals surface area contributed by atoms with Crippen molar-refractivity contribution in [2.24, 2.45) is 0 Å². The molecule has 2 aromatic heterocycles. The molecular weight excluding hydrogens is 274 g/mol. The zero-order chi connectivity index (χ0) is 14.8. The zero-order valence-corrected chi connectivity index (χ0v) is 13.0. The van der Waals surface area contributed by atoms with Crippen molar-refractivity contribution in [3.63, 3.8) is 0 Å². The smallest absolute Gasteiger partial charge is 0.165 e. The van der Waals surface area contributed by atoms with Gasteiger partial charge >= 0.3 is 0 Å². The van der Waals surface area contributed by atoms with Gasteiger partial charge in [0.1, 0.15) is 12.2 Å². The molecule has 2 aliphatic rings. The molecule has 0 aromatic carbocycles. The summed E-state index contributed by atoms with van der Waals surface area (Å²) in [6.45, 7) is 1.97. The summed E-state index contributed by atoms with van der Waals surface area (Å²) in [5.41, 5.74) is 3.52. The van der Waals surface area contributed by atoms with Gasteiger partial charge in [-0.3, -0.25) is 0 Å². The molecule has 0 bridgehead atoms. The molecule has 1 N–H and O–H groups in total. The lowest BCUT2D eigenvalue weighted by Gasteiger charge is -2.13. The van der Waals surface area contributed by atoms with E-state index in [1.54, 1.807) is 11.9 Å². The van der Waals surface area contributed by atoms with E-state index >= 15 is 0 Å². The Morgan fingerprint density at radius 1 is 1.09 bits per heavy atom. The van der Waals surface area contributed by atoms with Crippen LogP contribution < -0.4 is 5.32 Å². The number of imidazole rings is 1. The molecule has 0 fully saturated rings. The van der Waals surface area contributed by atoms with Gasteiger partial charge in [0.15, 0.2) is 17.0 Å². The second-order valence-corrected chi connectivity index (χ2v) is 6.32. The minimum absolute atomic E-state index is 0.892. The summed E-state index contributed by atoms with van der Waals surface area (Å²) in [7, 11) is 0. The highest BCUT2D eigenvalue weighted by atomic mass is 15.2. The molecule has 0 saturated carbocycles. The molecule has 1 aliphatic heterocycles. The van der Waals surface area contributed by atoms with E-state index in [2.05, 4.69) is 25.9 Å². The SMILES string of the molecule is C1=C(CCNc2ncnc3c2nc2n3CCCC2)CCCC1. The summed E-state index contributed by atoms with van der Waals surface area (Å²) in [5, 5.41) is 3.48. The minimum Gasteiger partial charge on any atom is -0.368 e. The molecule has 4 rings (SSSR count). The van der Waals surface area contributed by atoms with Crippen LogP contribution in [-0.4, -0.2) is 26.1 Å². The van der Waals surface area contributed by atoms with E-state index < -0.39 is 0 Å². The number of aromatic nitrogens is 4. The third-order valence-electron chi connectivity index (χ3n) is 4.77. The molecule has 5 heteroatoms. The predicted molar refractivity (Wildman–Crippen MR) is 87.9 cm³/mol. The van der Waals surface area contributed by atoms with E-state index in [0.717, 1.165) is 42.9 Å². The van der Waals surface area contributed by atoms with Crippen LogP contribution in [0.2, 0.25) is 0 Å². The Bertz CT molecular complexity index is 700. The van der Waals surface area contributed by atoms with Gasteiger partial charge in [0.05, 0.1) is 0 Å². The lowest BCUT2D eigenvalue weighted by Crippen LogP contribution is -2.10. The van der Waals surface area contributed by atoms with E-state index in [0.29, 0.717) is 0 Å². The molecule has 5 nitrogen and oxygen atoms in total. The van der Waals surface area contributed by atoms with Crippen LogP contribution in [0.3, 0.4) is 0 Å². The summed E-state index contributed by atoms with van der Waals surface area (Å²) >= 11 is 0. The number of allylic oxidation sites excluding steroid dienone is 1. The van der Waals surface area contributed by atoms with Gasteiger partial charge < -0.3 is 9.88 Å². The van der Waals surface area contributed by atoms with Crippen LogP contribution in [0.4, 0.5) is 5.82 Å². The van der Waals surface area contributed by atoms with Gasteiger partial charge in [-0.15, -0.1) is 0 Å². The van der Waals surface area contributed by atoms with E-state index in [4.69, 9.17) is 4.98 Å². The number of hydrogen-bond acceptors (Lipinski definition) is 4. The highest BCUT2D eigenvalue weighted by Gasteiger charge is 2.18. The fourth-order valence-corrected chi connectivity index (χ4v) is 3.56. The molecular formula is C17H23N5. The lowest BCUT2D eigenvalue weighted by atomic mass is 9.97. The monoisotopic (exact) mass is 297 g/mol. The zero-order valence-electron chi connectivity index (χ0n) is 13.0. The molecule has 116 valence electrons. The first-order valence-corrected chi connectivity index (χ1v) is 8.54. The topological polar surface area (TPSA) is 55.6 Å². The molecule has 0 spiro atoms. The van der Waals surface area contributed by atoms with E-state index in [1.165, 1.54) is 44.3 Å². The Hall–Kier alpha value is -1.91. The second kappa shape index (κ2) is 6.07. The Balaban J connectivity index is 1.51. The van der Waals surface area contributed by atoms with Gasteiger partial charge in [-0.1, -0.05) is 11.6 Å². The van der Waals surface area contributed by atoms with Crippen LogP contribution in [0.15, 0.2) is 18.0 Å². The van der Waals surface area contributed by atoms with Crippen LogP contribution in [0, 0.1) is 0 Å². The fourth-order valence-electron chi connectivity index (χ4n) is 3.56. The summed E-state index contributed by atoms with van der Waals surface area (Å²) < 4.78 is 2.26. The average Bonchev–Trinajstić information content (AvgIpc) is 2.96. The number of hydrogen-bond donors (Lipinski definition) is 1. The van der Waals surface area contributed by atoms with Crippen molar-refractivity contribution in [3.8, 4) is 0 Å². The van der Waals surface area contributed by atoms with Crippen molar-refractivity contribution in [3.05, 3.63) is 23.8 Å². The van der Waals surface area contributed by atoms with Crippen LogP contribution >= 0.6 is 0 Å². The molecule has 0 unspecified atom stereocenters. The molecule has 0 saturated heterocycles. The summed E-state index contributed by atoms with van der Waals surface area (Å²) in [5.74, 6) is 2.06. The normalized spacial score (nSPS) is 18.1. The highest BCUT2D eigenvalue weighted by Crippen LogP contribution is 2.25. The van der Waals surface area contributed by atoms with Crippen molar-refractivity contribution in [2.45, 2.75) is 57.9 Å². The number of aryl methyl sites for hydroxylation is 2. The number of fused-ring (bicyclic) bond motifs is 3. The van der Waals surface area contributed by atoms with Crippen LogP contribution in [-0.2, 0) is 13.0 Å². The first-order chi connectivity index (χ1) is 10.9. The molecule has 22 heavy (non-hydrogen) atoms. The average molecular weight is 297 g/mol. The number of nitrogens with zero attached hydrogens (tertiary/aromatic N) is 4. The summed E-state index contributed by atoms with van der Waals surface area (Å²) in [6, 6.07) is 0. The number of anilines is 1. The Morgan fingerprint density at radius 2 is 2.05 bits per heavy atom. The maximum atomic E-state index is 4.78. The number of nitrogens with one attached hydrogen (secondary N) is 1. The van der Waals surface area contributed by atoms with E-state index in [-0.39, 0.29) is 0 Å². The van der Waals surface area contributed by atoms with Gasteiger partial charge in [-0.05, 0) is 44.9 Å². The van der Waals surface area contributed by atoms with Gasteiger partial charge in [-0.25, -0.2) is 15.0 Å². The lowest BCUT2D eigenvalue weighted by molar-refractivity contribution is 0.530. The standard InChI is InChI=1S/C17H23N5/c1-2-6-13(7-3-1)9-10-18-16-15-17(20-12-19-16)22-11-5-4-8-14(22)21-15/h6,12H,1-5,7-11H2,(H,18,19,20). The first-order valence-electron chi connectivity index (χ1n) is 8.54. The maximum absolute atomic E-state index is 4.78. The van der Waals surface area contributed by atoms with Crippen molar-refractivity contribution in [2.75, 3.05) is 11.9 Å². The Labute approximate surface area is 130 Å². The van der Waals surface area contributed by atoms with Crippen molar-refractivity contribution in [1.82, 2.24) is 19.5 Å². The molecule has 0 amide bonds. The molecule has 0 radical (unpaired) electrons. The van der Waals surface area contributed by atoms with Crippen LogP contribution in [0.1, 0.15) is 50.8 Å². The van der Waals surface area contributed by atoms with Crippen LogP contribution in [0.5, 0.6) is 0 Å². The van der Waals surface area contributed by atoms with Crippen molar-refractivity contribution in [1.29, 1.82) is 0 Å². The Morgan fingerprint density at radius 3 is 2.95 bits per heavy atom. The summed E-state index contributed by atoms with van der Waals surface area (Å²) in [6.07, 6.45) is 13.9.